The zero-order chi connectivity index (χ0) is 17.8. The first-order chi connectivity index (χ1) is 12.1. The lowest BCUT2D eigenvalue weighted by atomic mass is 9.95. The van der Waals surface area contributed by atoms with E-state index in [4.69, 9.17) is 11.5 Å². The van der Waals surface area contributed by atoms with E-state index in [2.05, 4.69) is 20.9 Å². The molecule has 0 radical (unpaired) electrons. The molecule has 1 aliphatic heterocycles. The van der Waals surface area contributed by atoms with Gasteiger partial charge < -0.3 is 22.1 Å². The van der Waals surface area contributed by atoms with Crippen molar-refractivity contribution in [3.63, 3.8) is 0 Å². The van der Waals surface area contributed by atoms with Crippen molar-refractivity contribution >= 4 is 23.1 Å². The fourth-order valence-electron chi connectivity index (χ4n) is 3.47. The Kier molecular flexibility index (Phi) is 5.23. The maximum absolute atomic E-state index is 12.2. The number of allylic oxidation sites excluding steroid dienone is 1. The lowest BCUT2D eigenvalue weighted by Crippen LogP contribution is -2.36. The number of nitrogens with two attached hydrogens (primary N) is 2. The van der Waals surface area contributed by atoms with Crippen molar-refractivity contribution in [1.29, 1.82) is 0 Å². The van der Waals surface area contributed by atoms with Crippen molar-refractivity contribution in [3.8, 4) is 0 Å². The summed E-state index contributed by atoms with van der Waals surface area (Å²) in [6.45, 7) is 3.04. The van der Waals surface area contributed by atoms with E-state index in [0.717, 1.165) is 40.9 Å². The third-order valence-corrected chi connectivity index (χ3v) is 4.90. The van der Waals surface area contributed by atoms with Gasteiger partial charge in [0, 0.05) is 19.1 Å². The predicted molar refractivity (Wildman–Crippen MR) is 101 cm³/mol. The van der Waals surface area contributed by atoms with E-state index in [0.29, 0.717) is 18.9 Å². The lowest BCUT2D eigenvalue weighted by molar-refractivity contribution is 0.248. The van der Waals surface area contributed by atoms with Crippen LogP contribution in [-0.4, -0.2) is 30.1 Å². The number of anilines is 2. The van der Waals surface area contributed by atoms with E-state index in [1.165, 1.54) is 12.8 Å². The first kappa shape index (κ1) is 17.3. The largest absolute Gasteiger partial charge is 0.404 e. The van der Waals surface area contributed by atoms with Crippen LogP contribution < -0.4 is 27.4 Å². The molecule has 0 atom stereocenters. The molecule has 0 spiro atoms. The Morgan fingerprint density at radius 2 is 2.16 bits per heavy atom. The lowest BCUT2D eigenvalue weighted by Gasteiger charge is -2.24. The molecule has 7 N–H and O–H groups in total. The second-order valence-electron chi connectivity index (χ2n) is 6.53. The van der Waals surface area contributed by atoms with E-state index in [1.54, 1.807) is 12.3 Å². The molecule has 2 aliphatic rings. The molecule has 1 aromatic rings. The van der Waals surface area contributed by atoms with E-state index in [-0.39, 0.29) is 12.1 Å². The van der Waals surface area contributed by atoms with Crippen molar-refractivity contribution in [2.45, 2.75) is 38.6 Å². The molecule has 0 unspecified atom stereocenters. The number of hydrogen-bond donors (Lipinski definition) is 5. The van der Waals surface area contributed by atoms with Gasteiger partial charge in [-0.15, -0.1) is 0 Å². The first-order valence-electron chi connectivity index (χ1n) is 8.76. The Morgan fingerprint density at radius 3 is 2.84 bits per heavy atom. The van der Waals surface area contributed by atoms with Gasteiger partial charge in [-0.2, -0.15) is 0 Å². The van der Waals surface area contributed by atoms with Gasteiger partial charge in [-0.1, -0.05) is 12.8 Å². The van der Waals surface area contributed by atoms with Crippen LogP contribution in [-0.2, 0) is 0 Å². The number of pyridine rings is 1. The summed E-state index contributed by atoms with van der Waals surface area (Å²) in [5.41, 5.74) is 16.2. The van der Waals surface area contributed by atoms with Gasteiger partial charge in [-0.25, -0.2) is 9.78 Å². The van der Waals surface area contributed by atoms with Crippen molar-refractivity contribution in [2.24, 2.45) is 11.5 Å². The average Bonchev–Trinajstić information content (AvgIpc) is 3.11. The van der Waals surface area contributed by atoms with Gasteiger partial charge in [0.2, 0.25) is 0 Å². The number of hydrogen-bond acceptors (Lipinski definition) is 5. The highest BCUT2D eigenvalue weighted by Crippen LogP contribution is 2.32. The normalized spacial score (nSPS) is 17.9. The van der Waals surface area contributed by atoms with E-state index < -0.39 is 0 Å². The van der Waals surface area contributed by atoms with E-state index >= 15 is 0 Å². The van der Waals surface area contributed by atoms with Crippen LogP contribution in [0, 0.1) is 0 Å². The van der Waals surface area contributed by atoms with Crippen molar-refractivity contribution in [1.82, 2.24) is 10.3 Å². The summed E-state index contributed by atoms with van der Waals surface area (Å²) >= 11 is 0. The molecular formula is C18H26N6O. The Morgan fingerprint density at radius 1 is 1.40 bits per heavy atom. The Balaban J connectivity index is 1.78. The Labute approximate surface area is 147 Å². The Hall–Kier alpha value is -2.54. The standard InChI is InChI=1S/C18H26N6O/c1-11-14(12(8-19)9-20)10-21-15-6-7-16(23-17(11)15)24-18(25)22-13-4-2-3-5-13/h6-8,13,21H,2-5,9-10,19-20H2,1H3,(H2,22,23,24,25)/b12-8+. The average molecular weight is 342 g/mol. The molecule has 1 aromatic heterocycles. The molecule has 1 aliphatic carbocycles. The van der Waals surface area contributed by atoms with Gasteiger partial charge in [0.25, 0.3) is 0 Å². The van der Waals surface area contributed by atoms with Crippen LogP contribution in [0.5, 0.6) is 0 Å². The third-order valence-electron chi connectivity index (χ3n) is 4.90. The number of urea groups is 1. The highest BCUT2D eigenvalue weighted by Gasteiger charge is 2.21. The molecule has 0 saturated heterocycles. The van der Waals surface area contributed by atoms with Crippen LogP contribution in [0.3, 0.4) is 0 Å². The number of nitrogens with one attached hydrogen (secondary N) is 3. The van der Waals surface area contributed by atoms with Crippen LogP contribution in [0.15, 0.2) is 29.5 Å². The molecular weight excluding hydrogens is 316 g/mol. The van der Waals surface area contributed by atoms with Gasteiger partial charge in [0.15, 0.2) is 0 Å². The molecule has 134 valence electrons. The van der Waals surface area contributed by atoms with Crippen LogP contribution in [0.2, 0.25) is 0 Å². The quantitative estimate of drug-likeness (QED) is 0.574. The highest BCUT2D eigenvalue weighted by atomic mass is 16.2. The van der Waals surface area contributed by atoms with Crippen molar-refractivity contribution in [3.05, 3.63) is 35.2 Å². The maximum Gasteiger partial charge on any atom is 0.320 e. The summed E-state index contributed by atoms with van der Waals surface area (Å²) in [5.74, 6) is 0.530. The second kappa shape index (κ2) is 7.57. The smallest absolute Gasteiger partial charge is 0.320 e. The molecule has 2 amide bonds. The summed E-state index contributed by atoms with van der Waals surface area (Å²) in [4.78, 5) is 16.8. The highest BCUT2D eigenvalue weighted by molar-refractivity contribution is 5.90. The van der Waals surface area contributed by atoms with Gasteiger partial charge in [-0.05, 0) is 54.8 Å². The molecule has 0 bridgehead atoms. The fourth-order valence-corrected chi connectivity index (χ4v) is 3.47. The number of amides is 2. The first-order valence-corrected chi connectivity index (χ1v) is 8.76. The minimum atomic E-state index is -0.200. The van der Waals surface area contributed by atoms with Gasteiger partial charge in [-0.3, -0.25) is 5.32 Å². The molecule has 1 saturated carbocycles. The van der Waals surface area contributed by atoms with Crippen LogP contribution in [0.1, 0.15) is 38.3 Å². The fraction of sp³-hybridized carbons (Fsp3) is 0.444. The minimum absolute atomic E-state index is 0.200. The number of aromatic nitrogens is 1. The number of fused-ring (bicyclic) bond motifs is 1. The van der Waals surface area contributed by atoms with Crippen molar-refractivity contribution in [2.75, 3.05) is 23.7 Å². The SMILES string of the molecule is CC1=C(/C(=C/N)CN)CNc2ccc(NC(=O)NC3CCCC3)nc21. The van der Waals surface area contributed by atoms with Crippen molar-refractivity contribution < 1.29 is 4.79 Å². The molecule has 7 heteroatoms. The zero-order valence-electron chi connectivity index (χ0n) is 14.6. The van der Waals surface area contributed by atoms with Gasteiger partial charge in [0.05, 0.1) is 11.4 Å². The topological polar surface area (TPSA) is 118 Å². The number of carbonyl (C=O) groups excluding carboxylic acids is 1. The Bertz CT molecular complexity index is 718. The maximum atomic E-state index is 12.2. The summed E-state index contributed by atoms with van der Waals surface area (Å²) in [6.07, 6.45) is 6.00. The van der Waals surface area contributed by atoms with Crippen LogP contribution in [0.25, 0.3) is 5.57 Å². The van der Waals surface area contributed by atoms with Gasteiger partial charge >= 0.3 is 6.03 Å². The third kappa shape index (κ3) is 3.76. The summed E-state index contributed by atoms with van der Waals surface area (Å²) in [6, 6.07) is 3.81. The summed E-state index contributed by atoms with van der Waals surface area (Å²) in [7, 11) is 0. The van der Waals surface area contributed by atoms with E-state index in [9.17, 15) is 4.79 Å². The number of carbonyl (C=O) groups is 1. The van der Waals surface area contributed by atoms with Crippen LogP contribution in [0.4, 0.5) is 16.3 Å². The number of rotatable bonds is 4. The minimum Gasteiger partial charge on any atom is -0.404 e. The molecule has 25 heavy (non-hydrogen) atoms. The predicted octanol–water partition coefficient (Wildman–Crippen LogP) is 2.15. The molecule has 1 fully saturated rings. The van der Waals surface area contributed by atoms with Gasteiger partial charge in [0.1, 0.15) is 5.82 Å². The molecule has 2 heterocycles. The van der Waals surface area contributed by atoms with E-state index in [1.807, 2.05) is 13.0 Å². The molecule has 0 aromatic carbocycles. The summed E-state index contributed by atoms with van der Waals surface area (Å²) < 4.78 is 0. The molecule has 3 rings (SSSR count). The molecule has 7 nitrogen and oxygen atoms in total. The zero-order valence-corrected chi connectivity index (χ0v) is 14.6. The second-order valence-corrected chi connectivity index (χ2v) is 6.53. The monoisotopic (exact) mass is 342 g/mol. The number of nitrogens with zero attached hydrogens (tertiary/aromatic N) is 1. The summed E-state index contributed by atoms with van der Waals surface area (Å²) in [5, 5.41) is 9.17. The van der Waals surface area contributed by atoms with Crippen LogP contribution >= 0.6 is 0 Å².